The Kier molecular flexibility index (Phi) is 7.33. The fraction of sp³-hybridized carbons (Fsp3) is 0.346. The van der Waals surface area contributed by atoms with Gasteiger partial charge < -0.3 is 9.84 Å². The predicted molar refractivity (Wildman–Crippen MR) is 139 cm³/mol. The Hall–Kier alpha value is -3.10. The summed E-state index contributed by atoms with van der Waals surface area (Å²) in [4.78, 5) is 24.2. The van der Waals surface area contributed by atoms with Crippen LogP contribution in [0, 0.1) is 0 Å². The summed E-state index contributed by atoms with van der Waals surface area (Å²) in [7, 11) is 0. The number of aryl methyl sites for hydroxylation is 2. The van der Waals surface area contributed by atoms with Crippen LogP contribution in [0.4, 0.5) is 0 Å². The smallest absolute Gasteiger partial charge is 0.347 e. The van der Waals surface area contributed by atoms with Gasteiger partial charge in [0, 0.05) is 22.7 Å². The number of thiophene rings is 1. The normalized spacial score (nSPS) is 11.8. The van der Waals surface area contributed by atoms with Crippen LogP contribution in [-0.2, 0) is 30.7 Å². The lowest BCUT2D eigenvalue weighted by Crippen LogP contribution is -2.37. The van der Waals surface area contributed by atoms with Gasteiger partial charge in [0.15, 0.2) is 5.60 Å². The number of halogens is 1. The van der Waals surface area contributed by atoms with Crippen LogP contribution in [0.25, 0.3) is 10.1 Å². The Morgan fingerprint density at radius 2 is 1.91 bits per heavy atom. The number of hydrogen-bond donors (Lipinski definition) is 1. The maximum absolute atomic E-state index is 13.0. The van der Waals surface area contributed by atoms with Crippen molar-refractivity contribution in [2.75, 3.05) is 0 Å². The molecule has 0 atom stereocenters. The van der Waals surface area contributed by atoms with Crippen molar-refractivity contribution in [3.8, 4) is 5.75 Å². The van der Waals surface area contributed by atoms with Gasteiger partial charge in [-0.2, -0.15) is 5.10 Å². The van der Waals surface area contributed by atoms with Crippen LogP contribution in [0.3, 0.4) is 0 Å². The molecule has 4 aromatic rings. The lowest BCUT2D eigenvalue weighted by Gasteiger charge is -2.21. The minimum absolute atomic E-state index is 0.105. The van der Waals surface area contributed by atoms with E-state index in [2.05, 4.69) is 10.5 Å². The fourth-order valence-corrected chi connectivity index (χ4v) is 5.05. The predicted octanol–water partition coefficient (Wildman–Crippen LogP) is 5.40. The van der Waals surface area contributed by atoms with E-state index in [9.17, 15) is 14.7 Å². The van der Waals surface area contributed by atoms with E-state index < -0.39 is 11.6 Å². The van der Waals surface area contributed by atoms with Crippen molar-refractivity contribution in [3.63, 3.8) is 0 Å². The summed E-state index contributed by atoms with van der Waals surface area (Å²) in [5, 5.41) is 17.7. The van der Waals surface area contributed by atoms with Gasteiger partial charge in [0.2, 0.25) is 0 Å². The van der Waals surface area contributed by atoms with Crippen LogP contribution >= 0.6 is 22.9 Å². The van der Waals surface area contributed by atoms with Crippen molar-refractivity contribution in [3.05, 3.63) is 80.3 Å². The summed E-state index contributed by atoms with van der Waals surface area (Å²) < 4.78 is 9.96. The highest BCUT2D eigenvalue weighted by Crippen LogP contribution is 2.29. The van der Waals surface area contributed by atoms with E-state index in [1.807, 2.05) is 37.3 Å². The molecule has 0 unspecified atom stereocenters. The third-order valence-corrected chi connectivity index (χ3v) is 7.18. The molecule has 0 bridgehead atoms. The first-order chi connectivity index (χ1) is 16.7. The van der Waals surface area contributed by atoms with Crippen molar-refractivity contribution in [2.24, 2.45) is 0 Å². The number of aliphatic carboxylic acids is 1. The molecule has 0 aliphatic rings. The van der Waals surface area contributed by atoms with E-state index in [-0.39, 0.29) is 5.69 Å². The highest BCUT2D eigenvalue weighted by Gasteiger charge is 2.29. The molecule has 4 rings (SSSR count). The van der Waals surface area contributed by atoms with Gasteiger partial charge in [-0.25, -0.2) is 14.3 Å². The summed E-state index contributed by atoms with van der Waals surface area (Å²) in [5.74, 6) is 0.277. The molecule has 0 saturated carbocycles. The Morgan fingerprint density at radius 1 is 1.17 bits per heavy atom. The Bertz CT molecular complexity index is 1400. The van der Waals surface area contributed by atoms with E-state index in [1.165, 1.54) is 18.5 Å². The second-order valence-electron chi connectivity index (χ2n) is 8.92. The van der Waals surface area contributed by atoms with Crippen LogP contribution in [-0.4, -0.2) is 31.0 Å². The zero-order valence-corrected chi connectivity index (χ0v) is 21.5. The Labute approximate surface area is 212 Å². The minimum Gasteiger partial charge on any atom is -0.478 e. The van der Waals surface area contributed by atoms with Gasteiger partial charge in [-0.05, 0) is 85.8 Å². The molecule has 184 valence electrons. The molecule has 35 heavy (non-hydrogen) atoms. The average Bonchev–Trinajstić information content (AvgIpc) is 3.34. The molecule has 0 spiro atoms. The van der Waals surface area contributed by atoms with Gasteiger partial charge >= 0.3 is 11.7 Å². The van der Waals surface area contributed by atoms with Gasteiger partial charge in [0.25, 0.3) is 0 Å². The first kappa shape index (κ1) is 25.0. The molecule has 0 amide bonds. The third kappa shape index (κ3) is 5.60. The van der Waals surface area contributed by atoms with Gasteiger partial charge in [0.05, 0.1) is 6.54 Å². The van der Waals surface area contributed by atoms with Gasteiger partial charge in [-0.3, -0.25) is 4.57 Å². The van der Waals surface area contributed by atoms with E-state index in [1.54, 1.807) is 28.0 Å². The first-order valence-electron chi connectivity index (χ1n) is 11.5. The number of benzene rings is 2. The fourth-order valence-electron chi connectivity index (χ4n) is 3.94. The quantitative estimate of drug-likeness (QED) is 0.307. The van der Waals surface area contributed by atoms with Crippen LogP contribution in [0.15, 0.2) is 52.6 Å². The standard InChI is InChI=1S/C26H28ClN3O4S/c1-4-29-23(7-5-6-17-8-11-20(12-9-17)34-26(2,3)24(31)32)28-30(25(29)33)15-18-16-35-22-13-10-19(27)14-21(18)22/h8-14,16H,4-7,15H2,1-3H3,(H,31,32). The summed E-state index contributed by atoms with van der Waals surface area (Å²) in [6, 6.07) is 13.2. The maximum atomic E-state index is 13.0. The monoisotopic (exact) mass is 513 g/mol. The molecule has 2 heterocycles. The number of carboxylic acids is 1. The summed E-state index contributed by atoms with van der Waals surface area (Å²) >= 11 is 7.81. The third-order valence-electron chi connectivity index (χ3n) is 5.93. The van der Waals surface area contributed by atoms with Crippen LogP contribution in [0.5, 0.6) is 5.75 Å². The molecule has 7 nitrogen and oxygen atoms in total. The number of carbonyl (C=O) groups is 1. The minimum atomic E-state index is -1.29. The molecule has 0 saturated heterocycles. The molecule has 9 heteroatoms. The van der Waals surface area contributed by atoms with Gasteiger partial charge in [0.1, 0.15) is 11.6 Å². The van der Waals surface area contributed by atoms with Crippen molar-refractivity contribution >= 4 is 39.0 Å². The van der Waals surface area contributed by atoms with Crippen LogP contribution in [0.1, 0.15) is 44.1 Å². The van der Waals surface area contributed by atoms with E-state index >= 15 is 0 Å². The Morgan fingerprint density at radius 3 is 2.60 bits per heavy atom. The van der Waals surface area contributed by atoms with E-state index in [4.69, 9.17) is 16.3 Å². The average molecular weight is 514 g/mol. The summed E-state index contributed by atoms with van der Waals surface area (Å²) in [5.41, 5.74) is 0.754. The highest BCUT2D eigenvalue weighted by molar-refractivity contribution is 7.17. The topological polar surface area (TPSA) is 86.3 Å². The lowest BCUT2D eigenvalue weighted by atomic mass is 10.1. The number of hydrogen-bond acceptors (Lipinski definition) is 5. The number of nitrogens with zero attached hydrogens (tertiary/aromatic N) is 3. The zero-order valence-electron chi connectivity index (χ0n) is 20.0. The second-order valence-corrected chi connectivity index (χ2v) is 10.3. The molecular formula is C26H28ClN3O4S. The molecule has 0 aliphatic heterocycles. The van der Waals surface area contributed by atoms with Crippen molar-refractivity contribution in [1.29, 1.82) is 0 Å². The highest BCUT2D eigenvalue weighted by atomic mass is 35.5. The molecule has 0 fully saturated rings. The first-order valence-corrected chi connectivity index (χ1v) is 12.8. The molecule has 2 aromatic carbocycles. The molecular weight excluding hydrogens is 486 g/mol. The molecule has 2 aromatic heterocycles. The molecule has 0 aliphatic carbocycles. The van der Waals surface area contributed by atoms with Crippen LogP contribution < -0.4 is 10.4 Å². The number of ether oxygens (including phenoxy) is 1. The number of rotatable bonds is 10. The number of aromatic nitrogens is 3. The molecule has 0 radical (unpaired) electrons. The Balaban J connectivity index is 1.42. The maximum Gasteiger partial charge on any atom is 0.347 e. The lowest BCUT2D eigenvalue weighted by molar-refractivity contribution is -0.152. The van der Waals surface area contributed by atoms with Crippen LogP contribution in [0.2, 0.25) is 5.02 Å². The SMILES string of the molecule is CCn1c(CCCc2ccc(OC(C)(C)C(=O)O)cc2)nn(Cc2csc3ccc(Cl)cc23)c1=O. The van der Waals surface area contributed by atoms with Crippen molar-refractivity contribution in [2.45, 2.75) is 58.7 Å². The number of carboxylic acid groups (broad SMARTS) is 1. The van der Waals surface area contributed by atoms with Gasteiger partial charge in [-0.15, -0.1) is 11.3 Å². The molecule has 1 N–H and O–H groups in total. The van der Waals surface area contributed by atoms with Crippen molar-refractivity contribution in [1.82, 2.24) is 14.3 Å². The second kappa shape index (κ2) is 10.3. The summed E-state index contributed by atoms with van der Waals surface area (Å²) in [6.07, 6.45) is 2.31. The largest absolute Gasteiger partial charge is 0.478 e. The zero-order chi connectivity index (χ0) is 25.2. The number of fused-ring (bicyclic) bond motifs is 1. The van der Waals surface area contributed by atoms with Crippen molar-refractivity contribution < 1.29 is 14.6 Å². The van der Waals surface area contributed by atoms with E-state index in [0.717, 1.165) is 39.9 Å². The summed E-state index contributed by atoms with van der Waals surface area (Å²) in [6.45, 7) is 5.97. The van der Waals surface area contributed by atoms with E-state index in [0.29, 0.717) is 30.3 Å². The van der Waals surface area contributed by atoms with Gasteiger partial charge in [-0.1, -0.05) is 23.7 Å².